The van der Waals surface area contributed by atoms with Gasteiger partial charge in [0.25, 0.3) is 0 Å². The van der Waals surface area contributed by atoms with Crippen LogP contribution in [0, 0.1) is 0 Å². The standard InChI is InChI=1S/C7H7F2NO2S/c8-7(9)13(11,12)6-3-1-5(10)2-4-6/h1-4,7H,10H2. The quantitative estimate of drug-likeness (QED) is 0.743. The van der Waals surface area contributed by atoms with Crippen molar-refractivity contribution in [1.29, 1.82) is 0 Å². The molecule has 72 valence electrons. The molecule has 1 aromatic carbocycles. The second-order valence-corrected chi connectivity index (χ2v) is 4.29. The topological polar surface area (TPSA) is 60.2 Å². The number of benzene rings is 1. The minimum atomic E-state index is -4.48. The molecule has 0 saturated carbocycles. The first kappa shape index (κ1) is 9.91. The second-order valence-electron chi connectivity index (χ2n) is 2.37. The summed E-state index contributed by atoms with van der Waals surface area (Å²) in [5, 5.41) is 0. The van der Waals surface area contributed by atoms with Crippen LogP contribution in [-0.4, -0.2) is 14.2 Å². The average Bonchev–Trinajstić information content (AvgIpc) is 2.04. The Morgan fingerprint density at radius 3 is 2.00 bits per heavy atom. The van der Waals surface area contributed by atoms with Crippen LogP contribution in [0.15, 0.2) is 29.2 Å². The maximum atomic E-state index is 12.0. The van der Waals surface area contributed by atoms with Gasteiger partial charge in [-0.2, -0.15) is 8.78 Å². The SMILES string of the molecule is Nc1ccc(S(=O)(=O)C(F)F)cc1. The van der Waals surface area contributed by atoms with Crippen LogP contribution >= 0.6 is 0 Å². The van der Waals surface area contributed by atoms with E-state index in [1.165, 1.54) is 12.1 Å². The molecule has 3 nitrogen and oxygen atoms in total. The summed E-state index contributed by atoms with van der Waals surface area (Å²) in [7, 11) is -4.48. The first-order valence-corrected chi connectivity index (χ1v) is 4.87. The number of alkyl halides is 2. The lowest BCUT2D eigenvalue weighted by atomic mass is 10.3. The van der Waals surface area contributed by atoms with Gasteiger partial charge in [0.15, 0.2) is 0 Å². The molecule has 1 rings (SSSR count). The molecule has 0 aliphatic carbocycles. The Morgan fingerprint density at radius 2 is 1.62 bits per heavy atom. The Labute approximate surface area is 74.1 Å². The molecule has 0 amide bonds. The lowest BCUT2D eigenvalue weighted by molar-refractivity contribution is 0.234. The van der Waals surface area contributed by atoms with Crippen molar-refractivity contribution in [2.45, 2.75) is 10.7 Å². The smallest absolute Gasteiger partial charge is 0.341 e. The Morgan fingerprint density at radius 1 is 1.15 bits per heavy atom. The van der Waals surface area contributed by atoms with Gasteiger partial charge in [-0.05, 0) is 24.3 Å². The summed E-state index contributed by atoms with van der Waals surface area (Å²) in [5.41, 5.74) is 5.59. The largest absolute Gasteiger partial charge is 0.399 e. The van der Waals surface area contributed by atoms with E-state index < -0.39 is 20.5 Å². The molecule has 0 aliphatic heterocycles. The minimum Gasteiger partial charge on any atom is -0.399 e. The normalized spacial score (nSPS) is 11.9. The van der Waals surface area contributed by atoms with E-state index in [9.17, 15) is 17.2 Å². The lowest BCUT2D eigenvalue weighted by Gasteiger charge is -2.02. The molecule has 6 heteroatoms. The van der Waals surface area contributed by atoms with E-state index in [2.05, 4.69) is 0 Å². The first-order chi connectivity index (χ1) is 5.94. The molecule has 0 fully saturated rings. The van der Waals surface area contributed by atoms with Crippen LogP contribution < -0.4 is 5.73 Å². The van der Waals surface area contributed by atoms with Crippen LogP contribution in [0.5, 0.6) is 0 Å². The molecule has 2 N–H and O–H groups in total. The van der Waals surface area contributed by atoms with Crippen LogP contribution in [0.1, 0.15) is 0 Å². The molecule has 0 heterocycles. The predicted molar refractivity (Wildman–Crippen MR) is 44.0 cm³/mol. The molecule has 13 heavy (non-hydrogen) atoms. The highest BCUT2D eigenvalue weighted by Gasteiger charge is 2.25. The lowest BCUT2D eigenvalue weighted by Crippen LogP contribution is -2.11. The van der Waals surface area contributed by atoms with Crippen molar-refractivity contribution >= 4 is 15.5 Å². The summed E-state index contributed by atoms with van der Waals surface area (Å²) < 4.78 is 45.7. The third-order valence-corrected chi connectivity index (χ3v) is 2.84. The molecule has 0 aromatic heterocycles. The van der Waals surface area contributed by atoms with Crippen molar-refractivity contribution < 1.29 is 17.2 Å². The van der Waals surface area contributed by atoms with E-state index >= 15 is 0 Å². The number of rotatable bonds is 2. The first-order valence-electron chi connectivity index (χ1n) is 3.32. The average molecular weight is 207 g/mol. The fourth-order valence-electron chi connectivity index (χ4n) is 0.760. The Bertz CT molecular complexity index is 385. The number of hydrogen-bond donors (Lipinski definition) is 1. The Kier molecular flexibility index (Phi) is 2.51. The van der Waals surface area contributed by atoms with Crippen LogP contribution in [0.3, 0.4) is 0 Å². The van der Waals surface area contributed by atoms with Gasteiger partial charge in [-0.15, -0.1) is 0 Å². The van der Waals surface area contributed by atoms with Gasteiger partial charge >= 0.3 is 5.76 Å². The molecule has 0 radical (unpaired) electrons. The van der Waals surface area contributed by atoms with Crippen LogP contribution in [0.4, 0.5) is 14.5 Å². The molecule has 0 bridgehead atoms. The third-order valence-electron chi connectivity index (χ3n) is 1.44. The number of hydrogen-bond acceptors (Lipinski definition) is 3. The summed E-state index contributed by atoms with van der Waals surface area (Å²) in [6, 6.07) is 4.62. The van der Waals surface area contributed by atoms with E-state index in [1.807, 2.05) is 0 Å². The monoisotopic (exact) mass is 207 g/mol. The fourth-order valence-corrected chi connectivity index (χ4v) is 1.48. The Balaban J connectivity index is 3.17. The molecule has 0 aliphatic rings. The van der Waals surface area contributed by atoms with E-state index in [0.29, 0.717) is 5.69 Å². The third kappa shape index (κ3) is 1.95. The Hall–Kier alpha value is -1.17. The molecule has 1 aromatic rings. The molecule has 0 saturated heterocycles. The van der Waals surface area contributed by atoms with Crippen LogP contribution in [0.25, 0.3) is 0 Å². The van der Waals surface area contributed by atoms with Gasteiger partial charge in [-0.25, -0.2) is 8.42 Å². The number of nitrogen functional groups attached to an aromatic ring is 1. The van der Waals surface area contributed by atoms with Gasteiger partial charge in [0.1, 0.15) is 0 Å². The van der Waals surface area contributed by atoms with Gasteiger partial charge in [0, 0.05) is 5.69 Å². The van der Waals surface area contributed by atoms with Crippen molar-refractivity contribution in [3.05, 3.63) is 24.3 Å². The van der Waals surface area contributed by atoms with Crippen molar-refractivity contribution in [3.63, 3.8) is 0 Å². The van der Waals surface area contributed by atoms with Crippen molar-refractivity contribution in [1.82, 2.24) is 0 Å². The van der Waals surface area contributed by atoms with Gasteiger partial charge in [-0.3, -0.25) is 0 Å². The number of sulfone groups is 1. The molecule has 0 unspecified atom stereocenters. The molecular weight excluding hydrogens is 200 g/mol. The zero-order valence-electron chi connectivity index (χ0n) is 6.44. The predicted octanol–water partition coefficient (Wildman–Crippen LogP) is 1.27. The highest BCUT2D eigenvalue weighted by Crippen LogP contribution is 2.18. The van der Waals surface area contributed by atoms with Gasteiger partial charge < -0.3 is 5.73 Å². The van der Waals surface area contributed by atoms with E-state index in [0.717, 1.165) is 12.1 Å². The minimum absolute atomic E-state index is 0.327. The number of anilines is 1. The second kappa shape index (κ2) is 3.29. The summed E-state index contributed by atoms with van der Waals surface area (Å²) in [5.74, 6) is -3.39. The van der Waals surface area contributed by atoms with Gasteiger partial charge in [0.05, 0.1) is 4.90 Å². The highest BCUT2D eigenvalue weighted by atomic mass is 32.2. The van der Waals surface area contributed by atoms with Crippen molar-refractivity contribution in [2.75, 3.05) is 5.73 Å². The van der Waals surface area contributed by atoms with E-state index in [-0.39, 0.29) is 0 Å². The fraction of sp³-hybridized carbons (Fsp3) is 0.143. The van der Waals surface area contributed by atoms with Gasteiger partial charge in [0.2, 0.25) is 9.84 Å². The summed E-state index contributed by atoms with van der Waals surface area (Å²) in [6.07, 6.45) is 0. The number of nitrogens with two attached hydrogens (primary N) is 1. The molecular formula is C7H7F2NO2S. The maximum Gasteiger partial charge on any atom is 0.341 e. The number of halogens is 2. The van der Waals surface area contributed by atoms with Gasteiger partial charge in [-0.1, -0.05) is 0 Å². The molecule has 0 spiro atoms. The summed E-state index contributed by atoms with van der Waals surface area (Å²) in [4.78, 5) is -0.420. The van der Waals surface area contributed by atoms with Crippen molar-refractivity contribution in [2.24, 2.45) is 0 Å². The van der Waals surface area contributed by atoms with Crippen LogP contribution in [0.2, 0.25) is 0 Å². The molecule has 0 atom stereocenters. The summed E-state index contributed by atoms with van der Waals surface area (Å²) >= 11 is 0. The summed E-state index contributed by atoms with van der Waals surface area (Å²) in [6.45, 7) is 0. The van der Waals surface area contributed by atoms with Crippen molar-refractivity contribution in [3.8, 4) is 0 Å². The van der Waals surface area contributed by atoms with Crippen LogP contribution in [-0.2, 0) is 9.84 Å². The highest BCUT2D eigenvalue weighted by molar-refractivity contribution is 7.91. The van der Waals surface area contributed by atoms with E-state index in [1.54, 1.807) is 0 Å². The zero-order valence-corrected chi connectivity index (χ0v) is 7.26. The maximum absolute atomic E-state index is 12.0. The van der Waals surface area contributed by atoms with E-state index in [4.69, 9.17) is 5.73 Å². The zero-order chi connectivity index (χ0) is 10.1.